The van der Waals surface area contributed by atoms with Gasteiger partial charge in [-0.3, -0.25) is 20.2 Å². The molecule has 6 N–H and O–H groups in total. The summed E-state index contributed by atoms with van der Waals surface area (Å²) >= 11 is 0. The maximum atomic E-state index is 10.3. The molecule has 0 saturated carbocycles. The number of hydrogen-bond donors (Lipinski definition) is 6. The molecule has 1 aromatic rings. The number of aliphatic hydroxyl groups excluding tert-OH is 5. The van der Waals surface area contributed by atoms with E-state index in [0.29, 0.717) is 0 Å². The van der Waals surface area contributed by atoms with Crippen LogP contribution in [0.3, 0.4) is 0 Å². The summed E-state index contributed by atoms with van der Waals surface area (Å²) in [5.74, 6) is -0.377. The number of hydrogen-bond acceptors (Lipinski definition) is 11. The smallest absolute Gasteiger partial charge is 0.349 e. The summed E-state index contributed by atoms with van der Waals surface area (Å²) < 4.78 is 4.58. The van der Waals surface area contributed by atoms with Gasteiger partial charge >= 0.3 is 11.4 Å². The van der Waals surface area contributed by atoms with Crippen LogP contribution in [0.15, 0.2) is 18.2 Å². The molecule has 1 unspecified atom stereocenters. The molecule has 0 radical (unpaired) electrons. The zero-order valence-electron chi connectivity index (χ0n) is 12.4. The first-order valence-electron chi connectivity index (χ1n) is 6.70. The zero-order valence-corrected chi connectivity index (χ0v) is 12.4. The van der Waals surface area contributed by atoms with Crippen molar-refractivity contribution in [3.8, 4) is 5.75 Å². The fourth-order valence-corrected chi connectivity index (χ4v) is 1.89. The predicted octanol–water partition coefficient (Wildman–Crippen LogP) is -2.01. The first kappa shape index (κ1) is 20.6. The van der Waals surface area contributed by atoms with E-state index in [-0.39, 0.29) is 5.75 Å². The number of aliphatic hydroxyl groups is 5. The van der Waals surface area contributed by atoms with Crippen molar-refractivity contribution in [1.82, 2.24) is 0 Å². The summed E-state index contributed by atoms with van der Waals surface area (Å²) in [6.45, 7) is -0.526. The lowest BCUT2D eigenvalue weighted by atomic mass is 10.00. The van der Waals surface area contributed by atoms with Gasteiger partial charge in [0, 0.05) is 6.07 Å². The van der Waals surface area contributed by atoms with Crippen molar-refractivity contribution in [3.63, 3.8) is 0 Å². The summed E-state index contributed by atoms with van der Waals surface area (Å²) in [6, 6.07) is 2.64. The summed E-state index contributed by atoms with van der Waals surface area (Å²) in [7, 11) is 0. The first-order chi connectivity index (χ1) is 11.6. The monoisotopic (exact) mass is 364 g/mol. The molecular weight excluding hydrogens is 348 g/mol. The highest BCUT2D eigenvalue weighted by Crippen LogP contribution is 2.29. The third-order valence-corrected chi connectivity index (χ3v) is 3.22. The number of benzene rings is 1. The molecule has 1 aliphatic rings. The summed E-state index contributed by atoms with van der Waals surface area (Å²) in [4.78, 5) is 18.7. The Morgan fingerprint density at radius 2 is 1.52 bits per heavy atom. The number of aromatic hydroxyl groups is 1. The minimum Gasteiger partial charge on any atom is -0.508 e. The van der Waals surface area contributed by atoms with Gasteiger partial charge in [-0.25, -0.2) is 0 Å². The van der Waals surface area contributed by atoms with Crippen LogP contribution in [-0.2, 0) is 4.74 Å². The molecular formula is C12H16N2O11. The van der Waals surface area contributed by atoms with E-state index >= 15 is 0 Å². The summed E-state index contributed by atoms with van der Waals surface area (Å²) in [6.07, 6.45) is -7.04. The second-order valence-corrected chi connectivity index (χ2v) is 4.91. The minimum atomic E-state index is -1.57. The average Bonchev–Trinajstić information content (AvgIpc) is 2.56. The van der Waals surface area contributed by atoms with Crippen molar-refractivity contribution in [3.05, 3.63) is 38.4 Å². The van der Waals surface area contributed by atoms with Gasteiger partial charge in [0.25, 0.3) is 0 Å². The van der Waals surface area contributed by atoms with Crippen molar-refractivity contribution in [1.29, 1.82) is 0 Å². The lowest BCUT2D eigenvalue weighted by Crippen LogP contribution is -2.58. The van der Waals surface area contributed by atoms with Gasteiger partial charge in [-0.2, -0.15) is 0 Å². The standard InChI is InChI=1S/C6H4N2O5.C6H12O6/c9-4-1-2-5(7(10)11)6(3-4)8(12)13;7-1-2-3(8)4(9)5(10)6(11)12-2/h1-3,9H;2-11H,1H2/t;2-,3+,4+,5-,6?/m.1/s1. The Balaban J connectivity index is 0.000000251. The van der Waals surface area contributed by atoms with Gasteiger partial charge in [0.05, 0.1) is 22.5 Å². The van der Waals surface area contributed by atoms with E-state index in [1.165, 1.54) is 0 Å². The predicted molar refractivity (Wildman–Crippen MR) is 77.4 cm³/mol. The van der Waals surface area contributed by atoms with Crippen LogP contribution in [0.5, 0.6) is 5.75 Å². The molecule has 1 fully saturated rings. The molecule has 1 aromatic carbocycles. The molecule has 5 atom stereocenters. The lowest BCUT2D eigenvalue weighted by molar-refractivity contribution is -0.422. The maximum Gasteiger partial charge on any atom is 0.349 e. The van der Waals surface area contributed by atoms with Gasteiger partial charge in [-0.1, -0.05) is 0 Å². The molecule has 1 heterocycles. The first-order valence-corrected chi connectivity index (χ1v) is 6.70. The molecule has 1 aliphatic heterocycles. The van der Waals surface area contributed by atoms with Crippen LogP contribution in [0.25, 0.3) is 0 Å². The topological polar surface area (TPSA) is 217 Å². The molecule has 0 aromatic heterocycles. The molecule has 0 bridgehead atoms. The molecule has 2 rings (SSSR count). The van der Waals surface area contributed by atoms with E-state index in [1.807, 2.05) is 0 Å². The highest BCUT2D eigenvalue weighted by atomic mass is 16.6. The number of nitro benzene ring substituents is 2. The van der Waals surface area contributed by atoms with Gasteiger partial charge in [0.2, 0.25) is 0 Å². The molecule has 0 aliphatic carbocycles. The van der Waals surface area contributed by atoms with Crippen LogP contribution in [-0.4, -0.2) is 77.8 Å². The van der Waals surface area contributed by atoms with E-state index in [1.54, 1.807) is 0 Å². The third-order valence-electron chi connectivity index (χ3n) is 3.22. The molecule has 1 saturated heterocycles. The quantitative estimate of drug-likeness (QED) is 0.254. The number of ether oxygens (including phenoxy) is 1. The van der Waals surface area contributed by atoms with Crippen molar-refractivity contribution < 1.29 is 45.2 Å². The summed E-state index contributed by atoms with van der Waals surface area (Å²) in [5, 5.41) is 74.0. The van der Waals surface area contributed by atoms with Gasteiger partial charge < -0.3 is 35.4 Å². The van der Waals surface area contributed by atoms with Crippen LogP contribution in [0.1, 0.15) is 0 Å². The molecule has 0 spiro atoms. The number of phenolic OH excluding ortho intramolecular Hbond substituents is 1. The number of nitro groups is 2. The Kier molecular flexibility index (Phi) is 7.10. The maximum absolute atomic E-state index is 10.3. The minimum absolute atomic E-state index is 0.377. The van der Waals surface area contributed by atoms with Crippen LogP contribution < -0.4 is 0 Å². The molecule has 13 nitrogen and oxygen atoms in total. The Bertz CT molecular complexity index is 620. The summed E-state index contributed by atoms with van der Waals surface area (Å²) in [5.41, 5.74) is -1.35. The van der Waals surface area contributed by atoms with Crippen LogP contribution >= 0.6 is 0 Å². The van der Waals surface area contributed by atoms with Crippen molar-refractivity contribution in [2.75, 3.05) is 6.61 Å². The van der Waals surface area contributed by atoms with Crippen LogP contribution in [0, 0.1) is 20.2 Å². The van der Waals surface area contributed by atoms with E-state index < -0.39 is 58.5 Å². The number of phenols is 1. The van der Waals surface area contributed by atoms with E-state index in [4.69, 9.17) is 30.6 Å². The fraction of sp³-hybridized carbons (Fsp3) is 0.500. The Morgan fingerprint density at radius 1 is 0.960 bits per heavy atom. The highest BCUT2D eigenvalue weighted by molar-refractivity contribution is 5.55. The Labute approximate surface area is 139 Å². The van der Waals surface area contributed by atoms with Gasteiger partial charge in [-0.05, 0) is 6.07 Å². The van der Waals surface area contributed by atoms with Gasteiger partial charge in [0.1, 0.15) is 30.2 Å². The van der Waals surface area contributed by atoms with E-state index in [2.05, 4.69) is 4.74 Å². The molecule has 25 heavy (non-hydrogen) atoms. The van der Waals surface area contributed by atoms with Gasteiger partial charge in [-0.15, -0.1) is 0 Å². The normalized spacial score (nSPS) is 28.6. The van der Waals surface area contributed by atoms with Crippen molar-refractivity contribution in [2.24, 2.45) is 0 Å². The van der Waals surface area contributed by atoms with Crippen molar-refractivity contribution in [2.45, 2.75) is 30.7 Å². The number of nitrogens with zero attached hydrogens (tertiary/aromatic N) is 2. The second kappa shape index (κ2) is 8.61. The third kappa shape index (κ3) is 5.02. The van der Waals surface area contributed by atoms with Crippen LogP contribution in [0.4, 0.5) is 11.4 Å². The number of rotatable bonds is 3. The SMILES string of the molecule is O=[N+]([O-])c1ccc(O)cc1[N+](=O)[O-].OC[C@H]1OC(O)[C@H](O)[C@@H](O)[C@H]1O. The molecule has 13 heteroatoms. The molecule has 0 amide bonds. The lowest BCUT2D eigenvalue weighted by Gasteiger charge is -2.37. The van der Waals surface area contributed by atoms with E-state index in [0.717, 1.165) is 18.2 Å². The Hall–Kier alpha value is -2.42. The van der Waals surface area contributed by atoms with Gasteiger partial charge in [0.15, 0.2) is 6.29 Å². The second-order valence-electron chi connectivity index (χ2n) is 4.91. The average molecular weight is 364 g/mol. The van der Waals surface area contributed by atoms with Crippen molar-refractivity contribution >= 4 is 11.4 Å². The van der Waals surface area contributed by atoms with Crippen LogP contribution in [0.2, 0.25) is 0 Å². The Morgan fingerprint density at radius 3 is 2.00 bits per heavy atom. The zero-order chi connectivity index (χ0) is 19.3. The fourth-order valence-electron chi connectivity index (χ4n) is 1.89. The largest absolute Gasteiger partial charge is 0.508 e. The van der Waals surface area contributed by atoms with E-state index in [9.17, 15) is 20.2 Å². The molecule has 140 valence electrons. The highest BCUT2D eigenvalue weighted by Gasteiger charge is 2.42.